The fourth-order valence-electron chi connectivity index (χ4n) is 4.18. The molecule has 0 spiro atoms. The first-order chi connectivity index (χ1) is 13.2. The molecular formula is C25H21NS. The zero-order chi connectivity index (χ0) is 18.4. The summed E-state index contributed by atoms with van der Waals surface area (Å²) in [6.45, 7) is 2.31. The summed E-state index contributed by atoms with van der Waals surface area (Å²) in [4.78, 5) is 4.71. The molecule has 1 atom stereocenters. The lowest BCUT2D eigenvalue weighted by atomic mass is 9.85. The standard InChI is InChI=1S/C25H21NS/c1-16-12-19(17-8-4-2-5-9-17)13-22-21-15-24(27)20(14-23(21)26-25(16)22)18-10-6-3-7-11-18/h2-11,13-16,26-27H,12H2,1H3. The number of allylic oxidation sites excluding steroid dienone is 1. The number of rotatable bonds is 2. The molecule has 5 rings (SSSR count). The number of H-pyrrole nitrogens is 1. The molecule has 1 aromatic heterocycles. The molecule has 1 aliphatic rings. The van der Waals surface area contributed by atoms with E-state index in [1.54, 1.807) is 0 Å². The number of hydrogen-bond donors (Lipinski definition) is 2. The molecule has 0 amide bonds. The highest BCUT2D eigenvalue weighted by Crippen LogP contribution is 2.42. The van der Waals surface area contributed by atoms with Gasteiger partial charge in [-0.1, -0.05) is 67.6 Å². The van der Waals surface area contributed by atoms with Gasteiger partial charge in [0, 0.05) is 33.0 Å². The van der Waals surface area contributed by atoms with Gasteiger partial charge in [0.15, 0.2) is 0 Å². The Hall–Kier alpha value is -2.71. The zero-order valence-electron chi connectivity index (χ0n) is 15.2. The van der Waals surface area contributed by atoms with Crippen molar-refractivity contribution in [2.45, 2.75) is 24.2 Å². The molecule has 1 N–H and O–H groups in total. The zero-order valence-corrected chi connectivity index (χ0v) is 16.1. The van der Waals surface area contributed by atoms with Crippen LogP contribution in [-0.2, 0) is 0 Å². The monoisotopic (exact) mass is 367 g/mol. The highest BCUT2D eigenvalue weighted by molar-refractivity contribution is 7.80. The second-order valence-electron chi connectivity index (χ2n) is 7.37. The molecule has 1 aliphatic carbocycles. The minimum atomic E-state index is 0.469. The van der Waals surface area contributed by atoms with Gasteiger partial charge in [0.25, 0.3) is 0 Å². The molecule has 1 nitrogen and oxygen atoms in total. The maximum Gasteiger partial charge on any atom is 0.0469 e. The number of benzene rings is 3. The van der Waals surface area contributed by atoms with E-state index >= 15 is 0 Å². The Morgan fingerprint density at radius 1 is 0.889 bits per heavy atom. The van der Waals surface area contributed by atoms with Gasteiger partial charge in [0.05, 0.1) is 0 Å². The topological polar surface area (TPSA) is 15.8 Å². The van der Waals surface area contributed by atoms with Crippen LogP contribution in [0.25, 0.3) is 33.7 Å². The van der Waals surface area contributed by atoms with Crippen LogP contribution in [0.15, 0.2) is 77.7 Å². The molecular weight excluding hydrogens is 346 g/mol. The van der Waals surface area contributed by atoms with Gasteiger partial charge < -0.3 is 4.98 Å². The molecule has 2 heteroatoms. The summed E-state index contributed by atoms with van der Waals surface area (Å²) < 4.78 is 0. The van der Waals surface area contributed by atoms with Crippen LogP contribution in [0.2, 0.25) is 0 Å². The summed E-state index contributed by atoms with van der Waals surface area (Å²) >= 11 is 4.81. The van der Waals surface area contributed by atoms with Crippen LogP contribution >= 0.6 is 12.6 Å². The van der Waals surface area contributed by atoms with Gasteiger partial charge in [0.2, 0.25) is 0 Å². The van der Waals surface area contributed by atoms with Gasteiger partial charge in [-0.15, -0.1) is 12.6 Å². The number of aromatic nitrogens is 1. The fraction of sp³-hybridized carbons (Fsp3) is 0.120. The Morgan fingerprint density at radius 3 is 2.26 bits per heavy atom. The van der Waals surface area contributed by atoms with Crippen molar-refractivity contribution in [3.8, 4) is 11.1 Å². The normalized spacial score (nSPS) is 16.2. The number of thiol groups is 1. The molecule has 0 radical (unpaired) electrons. The number of aromatic amines is 1. The summed E-state index contributed by atoms with van der Waals surface area (Å²) in [7, 11) is 0. The largest absolute Gasteiger partial charge is 0.358 e. The van der Waals surface area contributed by atoms with Crippen molar-refractivity contribution in [2.75, 3.05) is 0 Å². The van der Waals surface area contributed by atoms with Crippen LogP contribution in [0.4, 0.5) is 0 Å². The van der Waals surface area contributed by atoms with Crippen molar-refractivity contribution in [3.05, 3.63) is 89.6 Å². The molecule has 1 unspecified atom stereocenters. The van der Waals surface area contributed by atoms with E-state index in [9.17, 15) is 0 Å². The van der Waals surface area contributed by atoms with Crippen LogP contribution in [0.5, 0.6) is 0 Å². The summed E-state index contributed by atoms with van der Waals surface area (Å²) in [6, 6.07) is 25.6. The van der Waals surface area contributed by atoms with Crippen LogP contribution in [0, 0.1) is 0 Å². The minimum absolute atomic E-state index is 0.469. The van der Waals surface area contributed by atoms with Gasteiger partial charge in [-0.3, -0.25) is 0 Å². The van der Waals surface area contributed by atoms with Gasteiger partial charge >= 0.3 is 0 Å². The van der Waals surface area contributed by atoms with E-state index < -0.39 is 0 Å². The number of nitrogens with one attached hydrogen (secondary N) is 1. The van der Waals surface area contributed by atoms with E-state index in [1.807, 2.05) is 6.07 Å². The summed E-state index contributed by atoms with van der Waals surface area (Å²) in [5, 5.41) is 1.26. The molecule has 0 saturated heterocycles. The van der Waals surface area contributed by atoms with Crippen LogP contribution < -0.4 is 0 Å². The molecule has 4 aromatic rings. The van der Waals surface area contributed by atoms with Crippen molar-refractivity contribution < 1.29 is 0 Å². The molecule has 132 valence electrons. The van der Waals surface area contributed by atoms with Crippen molar-refractivity contribution in [3.63, 3.8) is 0 Å². The van der Waals surface area contributed by atoms with Crippen molar-refractivity contribution in [2.24, 2.45) is 0 Å². The molecule has 0 bridgehead atoms. The lowest BCUT2D eigenvalue weighted by Crippen LogP contribution is -2.03. The van der Waals surface area contributed by atoms with Gasteiger partial charge in [-0.2, -0.15) is 0 Å². The van der Waals surface area contributed by atoms with Crippen molar-refractivity contribution >= 4 is 35.2 Å². The average Bonchev–Trinajstić information content (AvgIpc) is 3.07. The lowest BCUT2D eigenvalue weighted by molar-refractivity contribution is 0.761. The Kier molecular flexibility index (Phi) is 3.95. The predicted molar refractivity (Wildman–Crippen MR) is 118 cm³/mol. The molecule has 1 heterocycles. The van der Waals surface area contributed by atoms with E-state index in [0.29, 0.717) is 5.92 Å². The van der Waals surface area contributed by atoms with Crippen LogP contribution in [0.1, 0.15) is 36.1 Å². The summed E-state index contributed by atoms with van der Waals surface area (Å²) in [5.74, 6) is 0.469. The Balaban J connectivity index is 1.70. The third-order valence-electron chi connectivity index (χ3n) is 5.55. The van der Waals surface area contributed by atoms with Crippen molar-refractivity contribution in [1.29, 1.82) is 0 Å². The predicted octanol–water partition coefficient (Wildman–Crippen LogP) is 7.17. The Morgan fingerprint density at radius 2 is 1.56 bits per heavy atom. The van der Waals surface area contributed by atoms with Gasteiger partial charge in [-0.25, -0.2) is 0 Å². The summed E-state index contributed by atoms with van der Waals surface area (Å²) in [5.41, 5.74) is 8.94. The number of hydrogen-bond acceptors (Lipinski definition) is 1. The Labute approximate surface area is 165 Å². The SMILES string of the molecule is CC1CC(c2ccccc2)=Cc2c1[nH]c1cc(-c3ccccc3)c(S)cc21. The smallest absolute Gasteiger partial charge is 0.0469 e. The molecule has 0 fully saturated rings. The molecule has 27 heavy (non-hydrogen) atoms. The maximum absolute atomic E-state index is 4.81. The first-order valence-electron chi connectivity index (χ1n) is 9.40. The highest BCUT2D eigenvalue weighted by Gasteiger charge is 2.23. The number of fused-ring (bicyclic) bond motifs is 3. The minimum Gasteiger partial charge on any atom is -0.358 e. The van der Waals surface area contributed by atoms with E-state index in [1.165, 1.54) is 44.4 Å². The van der Waals surface area contributed by atoms with Gasteiger partial charge in [0.1, 0.15) is 0 Å². The quantitative estimate of drug-likeness (QED) is 0.349. The van der Waals surface area contributed by atoms with E-state index in [2.05, 4.69) is 84.7 Å². The van der Waals surface area contributed by atoms with Crippen LogP contribution in [-0.4, -0.2) is 4.98 Å². The fourth-order valence-corrected chi connectivity index (χ4v) is 4.51. The summed E-state index contributed by atoms with van der Waals surface area (Å²) in [6.07, 6.45) is 3.42. The van der Waals surface area contributed by atoms with Crippen LogP contribution in [0.3, 0.4) is 0 Å². The third-order valence-corrected chi connectivity index (χ3v) is 5.92. The van der Waals surface area contributed by atoms with Gasteiger partial charge in [-0.05, 0) is 46.9 Å². The maximum atomic E-state index is 4.81. The third kappa shape index (κ3) is 2.81. The molecule has 3 aromatic carbocycles. The highest BCUT2D eigenvalue weighted by atomic mass is 32.1. The second-order valence-corrected chi connectivity index (χ2v) is 7.86. The van der Waals surface area contributed by atoms with E-state index in [-0.39, 0.29) is 0 Å². The second kappa shape index (κ2) is 6.47. The Bertz CT molecular complexity index is 1150. The molecule has 0 saturated carbocycles. The average molecular weight is 368 g/mol. The van der Waals surface area contributed by atoms with E-state index in [0.717, 1.165) is 11.3 Å². The van der Waals surface area contributed by atoms with Crippen molar-refractivity contribution in [1.82, 2.24) is 4.98 Å². The lowest BCUT2D eigenvalue weighted by Gasteiger charge is -2.20. The van der Waals surface area contributed by atoms with E-state index in [4.69, 9.17) is 12.6 Å². The molecule has 0 aliphatic heterocycles. The first kappa shape index (κ1) is 16.5. The first-order valence-corrected chi connectivity index (χ1v) is 9.85.